The van der Waals surface area contributed by atoms with E-state index in [0.29, 0.717) is 10.0 Å². The van der Waals surface area contributed by atoms with Crippen LogP contribution >= 0.6 is 23.2 Å². The molecule has 0 saturated carbocycles. The second kappa shape index (κ2) is 8.43. The van der Waals surface area contributed by atoms with Crippen molar-refractivity contribution in [1.29, 1.82) is 0 Å². The van der Waals surface area contributed by atoms with Gasteiger partial charge in [-0.15, -0.1) is 0 Å². The molecule has 0 heterocycles. The average molecular weight is 300 g/mol. The molecule has 5 nitrogen and oxygen atoms in total. The molecule has 0 atom stereocenters. The maximum atomic E-state index is 11.5. The fourth-order valence-corrected chi connectivity index (χ4v) is 1.56. The SMILES string of the molecule is [N-]=[N+]=NC/C=C\COC(=O)Cc1ccc(Cl)c(Cl)c1. The van der Waals surface area contributed by atoms with E-state index in [4.69, 9.17) is 33.5 Å². The normalized spacial score (nSPS) is 10.2. The van der Waals surface area contributed by atoms with Crippen LogP contribution < -0.4 is 0 Å². The lowest BCUT2D eigenvalue weighted by Gasteiger charge is -2.03. The summed E-state index contributed by atoms with van der Waals surface area (Å²) in [7, 11) is 0. The van der Waals surface area contributed by atoms with E-state index in [2.05, 4.69) is 10.0 Å². The first kappa shape index (κ1) is 15.4. The number of hydrogen-bond acceptors (Lipinski definition) is 3. The predicted octanol–water partition coefficient (Wildman–Crippen LogP) is 3.95. The molecule has 19 heavy (non-hydrogen) atoms. The van der Waals surface area contributed by atoms with Gasteiger partial charge in [-0.3, -0.25) is 4.79 Å². The van der Waals surface area contributed by atoms with Gasteiger partial charge in [0.05, 0.1) is 16.5 Å². The van der Waals surface area contributed by atoms with Crippen LogP contribution in [0.2, 0.25) is 10.0 Å². The second-order valence-electron chi connectivity index (χ2n) is 3.49. The fraction of sp³-hybridized carbons (Fsp3) is 0.250. The molecule has 0 aliphatic rings. The van der Waals surface area contributed by atoms with Crippen molar-refractivity contribution in [2.24, 2.45) is 5.11 Å². The molecule has 7 heteroatoms. The molecule has 0 aliphatic carbocycles. The van der Waals surface area contributed by atoms with Crippen molar-refractivity contribution in [2.75, 3.05) is 13.2 Å². The molecular formula is C12H11Cl2N3O2. The van der Waals surface area contributed by atoms with Gasteiger partial charge in [0.1, 0.15) is 6.61 Å². The molecule has 0 aliphatic heterocycles. The molecule has 0 radical (unpaired) electrons. The van der Waals surface area contributed by atoms with Crippen LogP contribution in [0, 0.1) is 0 Å². The Balaban J connectivity index is 2.36. The highest BCUT2D eigenvalue weighted by Gasteiger charge is 2.06. The monoisotopic (exact) mass is 299 g/mol. The Morgan fingerprint density at radius 2 is 2.16 bits per heavy atom. The van der Waals surface area contributed by atoms with Crippen LogP contribution in [-0.4, -0.2) is 19.1 Å². The van der Waals surface area contributed by atoms with Gasteiger partial charge in [0, 0.05) is 11.5 Å². The zero-order chi connectivity index (χ0) is 14.1. The van der Waals surface area contributed by atoms with Crippen LogP contribution in [0.25, 0.3) is 10.4 Å². The minimum Gasteiger partial charge on any atom is -0.461 e. The standard InChI is InChI=1S/C12H11Cl2N3O2/c13-10-4-3-9(7-11(10)14)8-12(18)19-6-2-1-5-16-17-15/h1-4,7H,5-6,8H2/b2-1-. The number of azide groups is 1. The number of ether oxygens (including phenoxy) is 1. The third kappa shape index (κ3) is 6.15. The van der Waals surface area contributed by atoms with Gasteiger partial charge in [0.15, 0.2) is 0 Å². The molecular weight excluding hydrogens is 289 g/mol. The summed E-state index contributed by atoms with van der Waals surface area (Å²) >= 11 is 11.6. The zero-order valence-electron chi connectivity index (χ0n) is 9.92. The van der Waals surface area contributed by atoms with E-state index in [-0.39, 0.29) is 25.5 Å². The summed E-state index contributed by atoms with van der Waals surface area (Å²) in [6.45, 7) is 0.377. The van der Waals surface area contributed by atoms with E-state index < -0.39 is 0 Å². The van der Waals surface area contributed by atoms with Crippen molar-refractivity contribution in [3.63, 3.8) is 0 Å². The van der Waals surface area contributed by atoms with Gasteiger partial charge in [-0.1, -0.05) is 46.5 Å². The third-order valence-electron chi connectivity index (χ3n) is 2.09. The first-order valence-electron chi connectivity index (χ1n) is 5.39. The first-order chi connectivity index (χ1) is 9.13. The number of halogens is 2. The molecule has 0 aromatic heterocycles. The average Bonchev–Trinajstić information content (AvgIpc) is 2.38. The highest BCUT2D eigenvalue weighted by atomic mass is 35.5. The molecule has 100 valence electrons. The molecule has 0 bridgehead atoms. The molecule has 0 unspecified atom stereocenters. The van der Waals surface area contributed by atoms with Gasteiger partial charge in [0.25, 0.3) is 0 Å². The van der Waals surface area contributed by atoms with Crippen LogP contribution in [0.1, 0.15) is 5.56 Å². The van der Waals surface area contributed by atoms with Gasteiger partial charge in [-0.05, 0) is 23.2 Å². The Kier molecular flexibility index (Phi) is 6.82. The van der Waals surface area contributed by atoms with E-state index in [1.54, 1.807) is 30.4 Å². The van der Waals surface area contributed by atoms with Gasteiger partial charge >= 0.3 is 5.97 Å². The van der Waals surface area contributed by atoms with Crippen molar-refractivity contribution in [1.82, 2.24) is 0 Å². The lowest BCUT2D eigenvalue weighted by molar-refractivity contribution is -0.141. The fourth-order valence-electron chi connectivity index (χ4n) is 1.23. The van der Waals surface area contributed by atoms with E-state index >= 15 is 0 Å². The topological polar surface area (TPSA) is 75.1 Å². The number of esters is 1. The van der Waals surface area contributed by atoms with Crippen LogP contribution in [0.3, 0.4) is 0 Å². The summed E-state index contributed by atoms with van der Waals surface area (Å²) in [5.41, 5.74) is 8.77. The van der Waals surface area contributed by atoms with Crippen molar-refractivity contribution in [3.05, 3.63) is 56.4 Å². The molecule has 1 rings (SSSR count). The van der Waals surface area contributed by atoms with Crippen LogP contribution in [0.4, 0.5) is 0 Å². The van der Waals surface area contributed by atoms with Crippen molar-refractivity contribution in [3.8, 4) is 0 Å². The number of rotatable bonds is 6. The van der Waals surface area contributed by atoms with E-state index in [1.165, 1.54) is 0 Å². The van der Waals surface area contributed by atoms with Gasteiger partial charge in [0.2, 0.25) is 0 Å². The highest BCUT2D eigenvalue weighted by molar-refractivity contribution is 6.42. The third-order valence-corrected chi connectivity index (χ3v) is 2.83. The molecule has 0 spiro atoms. The molecule has 1 aromatic carbocycles. The summed E-state index contributed by atoms with van der Waals surface area (Å²) in [4.78, 5) is 14.1. The van der Waals surface area contributed by atoms with E-state index in [1.807, 2.05) is 0 Å². The number of nitrogens with zero attached hydrogens (tertiary/aromatic N) is 3. The van der Waals surface area contributed by atoms with E-state index in [0.717, 1.165) is 5.56 Å². The maximum Gasteiger partial charge on any atom is 0.310 e. The van der Waals surface area contributed by atoms with Gasteiger partial charge < -0.3 is 4.74 Å². The Morgan fingerprint density at radius 3 is 2.84 bits per heavy atom. The second-order valence-corrected chi connectivity index (χ2v) is 4.31. The minimum atomic E-state index is -0.369. The molecule has 0 N–H and O–H groups in total. The van der Waals surface area contributed by atoms with Crippen molar-refractivity contribution >= 4 is 29.2 Å². The molecule has 0 amide bonds. The zero-order valence-corrected chi connectivity index (χ0v) is 11.4. The predicted molar refractivity (Wildman–Crippen MR) is 74.3 cm³/mol. The Morgan fingerprint density at radius 1 is 1.37 bits per heavy atom. The summed E-state index contributed by atoms with van der Waals surface area (Å²) in [6, 6.07) is 4.97. The van der Waals surface area contributed by atoms with Gasteiger partial charge in [-0.2, -0.15) is 0 Å². The van der Waals surface area contributed by atoms with Crippen LogP contribution in [-0.2, 0) is 16.0 Å². The molecule has 1 aromatic rings. The van der Waals surface area contributed by atoms with Crippen molar-refractivity contribution < 1.29 is 9.53 Å². The first-order valence-corrected chi connectivity index (χ1v) is 6.14. The number of carbonyl (C=O) groups is 1. The largest absolute Gasteiger partial charge is 0.461 e. The summed E-state index contributed by atoms with van der Waals surface area (Å²) < 4.78 is 4.96. The summed E-state index contributed by atoms with van der Waals surface area (Å²) in [6.07, 6.45) is 3.36. The molecule has 0 fully saturated rings. The lowest BCUT2D eigenvalue weighted by Crippen LogP contribution is -2.08. The Labute approximate surface area is 120 Å². The minimum absolute atomic E-state index is 0.126. The lowest BCUT2D eigenvalue weighted by atomic mass is 10.1. The van der Waals surface area contributed by atoms with Crippen LogP contribution in [0.15, 0.2) is 35.5 Å². The summed E-state index contributed by atoms with van der Waals surface area (Å²) in [5.74, 6) is -0.369. The highest BCUT2D eigenvalue weighted by Crippen LogP contribution is 2.22. The smallest absolute Gasteiger partial charge is 0.310 e. The maximum absolute atomic E-state index is 11.5. The van der Waals surface area contributed by atoms with E-state index in [9.17, 15) is 4.79 Å². The van der Waals surface area contributed by atoms with Crippen LogP contribution in [0.5, 0.6) is 0 Å². The Hall–Kier alpha value is -1.68. The molecule has 0 saturated heterocycles. The number of carbonyl (C=O) groups excluding carboxylic acids is 1. The quantitative estimate of drug-likeness (QED) is 0.262. The summed E-state index contributed by atoms with van der Waals surface area (Å²) in [5, 5.41) is 4.15. The van der Waals surface area contributed by atoms with Gasteiger partial charge in [-0.25, -0.2) is 0 Å². The Bertz CT molecular complexity index is 526. The number of benzene rings is 1. The number of hydrogen-bond donors (Lipinski definition) is 0. The van der Waals surface area contributed by atoms with Crippen molar-refractivity contribution in [2.45, 2.75) is 6.42 Å².